The van der Waals surface area contributed by atoms with Crippen LogP contribution >= 0.6 is 0 Å². The molecule has 1 aliphatic carbocycles. The number of hydrogen-bond donors (Lipinski definition) is 0. The van der Waals surface area contributed by atoms with E-state index < -0.39 is 23.5 Å². The summed E-state index contributed by atoms with van der Waals surface area (Å²) in [5.41, 5.74) is 0.694. The van der Waals surface area contributed by atoms with Gasteiger partial charge in [-0.2, -0.15) is 0 Å². The van der Waals surface area contributed by atoms with Crippen molar-refractivity contribution in [2.75, 3.05) is 20.2 Å². The van der Waals surface area contributed by atoms with Crippen molar-refractivity contribution < 1.29 is 27.8 Å². The molecule has 3 aliphatic rings. The van der Waals surface area contributed by atoms with Gasteiger partial charge in [0.25, 0.3) is 5.91 Å². The van der Waals surface area contributed by atoms with E-state index in [1.807, 2.05) is 4.90 Å². The minimum Gasteiger partial charge on any atom is -0.497 e. The van der Waals surface area contributed by atoms with Gasteiger partial charge in [-0.1, -0.05) is 18.9 Å². The number of carbonyl (C=O) groups is 2. The molecule has 7 nitrogen and oxygen atoms in total. The van der Waals surface area contributed by atoms with E-state index in [9.17, 15) is 18.4 Å². The maximum atomic E-state index is 14.3. The molecular formula is C26H25F2N3O4. The van der Waals surface area contributed by atoms with Crippen molar-refractivity contribution in [2.45, 2.75) is 37.8 Å². The molecule has 0 N–H and O–H groups in total. The average molecular weight is 481 g/mol. The van der Waals surface area contributed by atoms with Gasteiger partial charge in [-0.25, -0.2) is 18.6 Å². The van der Waals surface area contributed by atoms with Crippen molar-refractivity contribution in [1.29, 1.82) is 0 Å². The predicted molar refractivity (Wildman–Crippen MR) is 124 cm³/mol. The monoisotopic (exact) mass is 481 g/mol. The fourth-order valence-electron chi connectivity index (χ4n) is 5.06. The molecule has 2 fully saturated rings. The second-order valence-corrected chi connectivity index (χ2v) is 8.83. The molecule has 2 atom stereocenters. The van der Waals surface area contributed by atoms with E-state index in [-0.39, 0.29) is 29.2 Å². The Hall–Kier alpha value is -3.75. The molecule has 0 radical (unpaired) electrons. The molecular weight excluding hydrogens is 456 g/mol. The predicted octanol–water partition coefficient (Wildman–Crippen LogP) is 3.89. The highest BCUT2D eigenvalue weighted by molar-refractivity contribution is 6.11. The zero-order valence-corrected chi connectivity index (χ0v) is 19.2. The number of rotatable bonds is 4. The van der Waals surface area contributed by atoms with Crippen LogP contribution in [0.4, 0.5) is 8.78 Å². The Morgan fingerprint density at radius 2 is 1.91 bits per heavy atom. The highest BCUT2D eigenvalue weighted by Crippen LogP contribution is 2.33. The second-order valence-electron chi connectivity index (χ2n) is 8.83. The van der Waals surface area contributed by atoms with Crippen LogP contribution in [0.3, 0.4) is 0 Å². The molecule has 9 heteroatoms. The van der Waals surface area contributed by atoms with E-state index in [2.05, 4.69) is 4.99 Å². The molecule has 2 heterocycles. The summed E-state index contributed by atoms with van der Waals surface area (Å²) in [5, 5.41) is 0. The molecule has 1 amide bonds. The van der Waals surface area contributed by atoms with Crippen molar-refractivity contribution in [3.63, 3.8) is 0 Å². The Balaban J connectivity index is 1.38. The smallest absolute Gasteiger partial charge is 0.365 e. The Kier molecular flexibility index (Phi) is 6.23. The highest BCUT2D eigenvalue weighted by Gasteiger charge is 2.40. The zero-order valence-electron chi connectivity index (χ0n) is 19.2. The minimum absolute atomic E-state index is 0.0404. The number of aliphatic imine (C=N–C) groups is 1. The lowest BCUT2D eigenvalue weighted by Crippen LogP contribution is -2.60. The third-order valence-electron chi connectivity index (χ3n) is 6.77. The van der Waals surface area contributed by atoms with Crippen LogP contribution in [0.25, 0.3) is 0 Å². The number of halogens is 2. The summed E-state index contributed by atoms with van der Waals surface area (Å²) >= 11 is 0. The molecule has 1 saturated carbocycles. The standard InChI is InChI=1S/C26H25F2N3O4/c1-34-18-6-4-5-16(13-18)24-29-21(26(33)35-24)15-30-11-12-31(23-8-3-2-7-22(23)30)25(32)19-10-9-17(27)14-20(19)28/h4-6,9-10,13-15,22-23H,2-3,7-8,11-12H2,1H3. The Bertz CT molecular complexity index is 1230. The van der Waals surface area contributed by atoms with Gasteiger partial charge in [0.1, 0.15) is 17.4 Å². The fourth-order valence-corrected chi connectivity index (χ4v) is 5.06. The lowest BCUT2D eigenvalue weighted by Gasteiger charge is -2.49. The number of cyclic esters (lactones) is 1. The van der Waals surface area contributed by atoms with Gasteiger partial charge in [-0.3, -0.25) is 4.79 Å². The lowest BCUT2D eigenvalue weighted by atomic mass is 9.86. The van der Waals surface area contributed by atoms with Crippen LogP contribution in [0.5, 0.6) is 5.75 Å². The number of piperazine rings is 1. The first-order valence-electron chi connectivity index (χ1n) is 11.6. The van der Waals surface area contributed by atoms with Crippen LogP contribution in [-0.2, 0) is 9.53 Å². The maximum Gasteiger partial charge on any atom is 0.365 e. The number of carbonyl (C=O) groups excluding carboxylic acids is 2. The second kappa shape index (κ2) is 9.48. The summed E-state index contributed by atoms with van der Waals surface area (Å²) in [4.78, 5) is 33.9. The van der Waals surface area contributed by atoms with Gasteiger partial charge in [0.15, 0.2) is 5.70 Å². The van der Waals surface area contributed by atoms with Gasteiger partial charge in [0, 0.05) is 37.0 Å². The molecule has 5 rings (SSSR count). The SMILES string of the molecule is COc1cccc(C2=NC(=CN3CCN(C(=O)c4ccc(F)cc4F)C4CCCCC43)C(=O)O2)c1. The van der Waals surface area contributed by atoms with Gasteiger partial charge >= 0.3 is 5.97 Å². The van der Waals surface area contributed by atoms with Gasteiger partial charge < -0.3 is 19.3 Å². The summed E-state index contributed by atoms with van der Waals surface area (Å²) in [6.07, 6.45) is 5.23. The van der Waals surface area contributed by atoms with Crippen LogP contribution < -0.4 is 4.74 Å². The van der Waals surface area contributed by atoms with Crippen LogP contribution in [0.15, 0.2) is 59.4 Å². The van der Waals surface area contributed by atoms with Crippen LogP contribution in [0, 0.1) is 11.6 Å². The molecule has 0 bridgehead atoms. The first kappa shape index (κ1) is 23.0. The van der Waals surface area contributed by atoms with E-state index in [4.69, 9.17) is 9.47 Å². The van der Waals surface area contributed by atoms with Gasteiger partial charge in [0.2, 0.25) is 5.90 Å². The first-order valence-corrected chi connectivity index (χ1v) is 11.6. The zero-order chi connectivity index (χ0) is 24.5. The summed E-state index contributed by atoms with van der Waals surface area (Å²) in [5.74, 6) is -1.72. The van der Waals surface area contributed by atoms with E-state index >= 15 is 0 Å². The Morgan fingerprint density at radius 3 is 2.69 bits per heavy atom. The number of nitrogens with zero attached hydrogens (tertiary/aromatic N) is 3. The lowest BCUT2D eigenvalue weighted by molar-refractivity contribution is -0.130. The summed E-state index contributed by atoms with van der Waals surface area (Å²) in [7, 11) is 1.56. The van der Waals surface area contributed by atoms with Crippen molar-refractivity contribution in [3.05, 3.63) is 77.1 Å². The van der Waals surface area contributed by atoms with Crippen molar-refractivity contribution >= 4 is 17.8 Å². The molecule has 2 aromatic carbocycles. The number of amides is 1. The van der Waals surface area contributed by atoms with Crippen molar-refractivity contribution in [1.82, 2.24) is 9.80 Å². The van der Waals surface area contributed by atoms with Crippen LogP contribution in [0.2, 0.25) is 0 Å². The van der Waals surface area contributed by atoms with E-state index in [1.54, 1.807) is 42.5 Å². The molecule has 182 valence electrons. The van der Waals surface area contributed by atoms with Crippen molar-refractivity contribution in [2.24, 2.45) is 4.99 Å². The summed E-state index contributed by atoms with van der Waals surface area (Å²) in [6, 6.07) is 9.95. The molecule has 2 unspecified atom stereocenters. The summed E-state index contributed by atoms with van der Waals surface area (Å²) in [6.45, 7) is 0.804. The number of fused-ring (bicyclic) bond motifs is 1. The third kappa shape index (κ3) is 4.50. The van der Waals surface area contributed by atoms with E-state index in [0.717, 1.165) is 37.8 Å². The Labute approximate surface area is 201 Å². The number of benzene rings is 2. The first-order chi connectivity index (χ1) is 16.9. The number of ether oxygens (including phenoxy) is 2. The van der Waals surface area contributed by atoms with Crippen LogP contribution in [0.1, 0.15) is 41.6 Å². The molecule has 2 aliphatic heterocycles. The average Bonchev–Trinajstić information content (AvgIpc) is 3.24. The van der Waals surface area contributed by atoms with E-state index in [1.165, 1.54) is 6.07 Å². The molecule has 2 aromatic rings. The van der Waals surface area contributed by atoms with Crippen molar-refractivity contribution in [3.8, 4) is 5.75 Å². The Morgan fingerprint density at radius 1 is 1.11 bits per heavy atom. The quantitative estimate of drug-likeness (QED) is 0.490. The molecule has 35 heavy (non-hydrogen) atoms. The van der Waals surface area contributed by atoms with Gasteiger partial charge in [-0.15, -0.1) is 0 Å². The fraction of sp³-hybridized carbons (Fsp3) is 0.346. The normalized spacial score (nSPS) is 23.1. The molecule has 1 saturated heterocycles. The van der Waals surface area contributed by atoms with Gasteiger partial charge in [0.05, 0.1) is 18.7 Å². The van der Waals surface area contributed by atoms with E-state index in [0.29, 0.717) is 24.4 Å². The molecule has 0 aromatic heterocycles. The molecule has 0 spiro atoms. The summed E-state index contributed by atoms with van der Waals surface area (Å²) < 4.78 is 38.3. The van der Waals surface area contributed by atoms with Gasteiger partial charge in [-0.05, 0) is 43.2 Å². The number of hydrogen-bond acceptors (Lipinski definition) is 6. The highest BCUT2D eigenvalue weighted by atomic mass is 19.1. The largest absolute Gasteiger partial charge is 0.497 e. The number of methoxy groups -OCH3 is 1. The minimum atomic E-state index is -0.861. The topological polar surface area (TPSA) is 71.4 Å². The number of esters is 1. The third-order valence-corrected chi connectivity index (χ3v) is 6.77. The maximum absolute atomic E-state index is 14.3. The van der Waals surface area contributed by atoms with Crippen LogP contribution in [-0.4, -0.2) is 59.9 Å².